The maximum absolute atomic E-state index is 14.0. The monoisotopic (exact) mass is 674 g/mol. The second-order valence-electron chi connectivity index (χ2n) is 11.7. The number of carbonyl (C=O) groups is 5. The highest BCUT2D eigenvalue weighted by Gasteiger charge is 2.32. The number of alkyl carbamates (subject to hydrolysis) is 1. The van der Waals surface area contributed by atoms with Crippen LogP contribution in [0.2, 0.25) is 0 Å². The van der Waals surface area contributed by atoms with Crippen molar-refractivity contribution in [1.82, 2.24) is 31.2 Å². The maximum Gasteiger partial charge on any atom is 0.408 e. The number of carbonyl (C=O) groups excluding carboxylic acids is 5. The van der Waals surface area contributed by atoms with Gasteiger partial charge in [-0.3, -0.25) is 24.2 Å². The minimum atomic E-state index is -1.25. The van der Waals surface area contributed by atoms with Crippen molar-refractivity contribution in [2.75, 3.05) is 0 Å². The number of pyridine rings is 1. The van der Waals surface area contributed by atoms with Crippen LogP contribution >= 0.6 is 0 Å². The van der Waals surface area contributed by atoms with Crippen molar-refractivity contribution < 1.29 is 28.7 Å². The Morgan fingerprint density at radius 1 is 0.720 bits per heavy atom. The van der Waals surface area contributed by atoms with E-state index in [1.807, 2.05) is 48.5 Å². The molecule has 4 amide bonds. The fourth-order valence-corrected chi connectivity index (χ4v) is 5.28. The van der Waals surface area contributed by atoms with Gasteiger partial charge >= 0.3 is 6.09 Å². The molecular weight excluding hydrogens is 636 g/mol. The molecule has 0 radical (unpaired) electrons. The van der Waals surface area contributed by atoms with E-state index in [4.69, 9.17) is 4.74 Å². The molecule has 0 bridgehead atoms. The number of benzene rings is 3. The topological polar surface area (TPSA) is 171 Å². The lowest BCUT2D eigenvalue weighted by Crippen LogP contribution is -2.57. The van der Waals surface area contributed by atoms with Gasteiger partial charge in [0.25, 0.3) is 5.91 Å². The zero-order chi connectivity index (χ0) is 35.3. The molecule has 5 N–H and O–H groups in total. The minimum absolute atomic E-state index is 0.0128. The van der Waals surface area contributed by atoms with Crippen LogP contribution in [0.4, 0.5) is 4.79 Å². The zero-order valence-corrected chi connectivity index (χ0v) is 27.4. The summed E-state index contributed by atoms with van der Waals surface area (Å²) in [5.74, 6) is -3.08. The van der Waals surface area contributed by atoms with Gasteiger partial charge in [0.2, 0.25) is 17.6 Å². The fourth-order valence-electron chi connectivity index (χ4n) is 5.28. The van der Waals surface area contributed by atoms with E-state index in [0.717, 1.165) is 22.0 Å². The SMILES string of the molecule is C[C@H](NC(=O)OCc1ccccc1)C(=O)N[C@@H](Cc1c[nH]c2ccccc12)C(=O)N[C@@H](Cc1ccccc1)C(=O)C(=O)NCc1ccccn1. The van der Waals surface area contributed by atoms with Crippen LogP contribution in [0, 0.1) is 0 Å². The molecule has 0 aliphatic heterocycles. The van der Waals surface area contributed by atoms with Crippen molar-refractivity contribution in [2.45, 2.75) is 51.0 Å². The smallest absolute Gasteiger partial charge is 0.408 e. The molecule has 256 valence electrons. The third-order valence-electron chi connectivity index (χ3n) is 7.97. The van der Waals surface area contributed by atoms with E-state index in [2.05, 4.69) is 31.2 Å². The Bertz CT molecular complexity index is 1920. The number of aromatic nitrogens is 2. The largest absolute Gasteiger partial charge is 0.445 e. The quantitative estimate of drug-likeness (QED) is 0.106. The predicted molar refractivity (Wildman–Crippen MR) is 186 cm³/mol. The molecule has 12 nitrogen and oxygen atoms in total. The van der Waals surface area contributed by atoms with E-state index < -0.39 is 47.7 Å². The van der Waals surface area contributed by atoms with Gasteiger partial charge in [0, 0.05) is 36.1 Å². The molecule has 0 aliphatic rings. The number of hydrogen-bond donors (Lipinski definition) is 5. The molecule has 3 atom stereocenters. The molecule has 0 saturated carbocycles. The van der Waals surface area contributed by atoms with Crippen LogP contribution in [-0.4, -0.2) is 57.7 Å². The van der Waals surface area contributed by atoms with Crippen LogP contribution in [0.5, 0.6) is 0 Å². The van der Waals surface area contributed by atoms with Crippen LogP contribution in [0.3, 0.4) is 0 Å². The number of aromatic amines is 1. The number of hydrogen-bond acceptors (Lipinski definition) is 7. The normalized spacial score (nSPS) is 12.6. The summed E-state index contributed by atoms with van der Waals surface area (Å²) >= 11 is 0. The predicted octanol–water partition coefficient (Wildman–Crippen LogP) is 3.52. The highest BCUT2D eigenvalue weighted by atomic mass is 16.5. The molecule has 0 aliphatic carbocycles. The summed E-state index contributed by atoms with van der Waals surface area (Å²) in [7, 11) is 0. The fraction of sp³-hybridized carbons (Fsp3) is 0.211. The van der Waals surface area contributed by atoms with E-state index in [-0.39, 0.29) is 26.0 Å². The standard InChI is InChI=1S/C38H38N6O6/c1-25(42-38(49)50-24-27-14-6-3-7-15-27)35(46)44-33(21-28-22-40-31-18-9-8-17-30(28)31)36(47)43-32(20-26-12-4-2-5-13-26)34(45)37(48)41-23-29-16-10-11-19-39-29/h2-19,22,25,32-33,40H,20-21,23-24H2,1H3,(H,41,48)(H,42,49)(H,43,47)(H,44,46)/t25-,32-,33-/m0/s1. The summed E-state index contributed by atoms with van der Waals surface area (Å²) in [5, 5.41) is 11.4. The van der Waals surface area contributed by atoms with Crippen LogP contribution in [0.15, 0.2) is 116 Å². The molecule has 12 heteroatoms. The van der Waals surface area contributed by atoms with Gasteiger partial charge in [-0.05, 0) is 41.8 Å². The van der Waals surface area contributed by atoms with E-state index in [1.54, 1.807) is 67.0 Å². The van der Waals surface area contributed by atoms with E-state index in [0.29, 0.717) is 11.3 Å². The number of para-hydroxylation sites is 1. The number of amides is 4. The molecule has 0 saturated heterocycles. The Hall–Kier alpha value is -6.30. The summed E-state index contributed by atoms with van der Waals surface area (Å²) in [6.45, 7) is 1.50. The lowest BCUT2D eigenvalue weighted by molar-refractivity contribution is -0.140. The van der Waals surface area contributed by atoms with Crippen LogP contribution < -0.4 is 21.3 Å². The Balaban J connectivity index is 1.32. The number of nitrogens with zero attached hydrogens (tertiary/aromatic N) is 1. The highest BCUT2D eigenvalue weighted by Crippen LogP contribution is 2.19. The number of fused-ring (bicyclic) bond motifs is 1. The van der Waals surface area contributed by atoms with E-state index in [1.165, 1.54) is 6.92 Å². The third kappa shape index (κ3) is 9.86. The lowest BCUT2D eigenvalue weighted by atomic mass is 9.99. The van der Waals surface area contributed by atoms with Gasteiger partial charge in [-0.2, -0.15) is 0 Å². The van der Waals surface area contributed by atoms with Gasteiger partial charge in [0.15, 0.2) is 0 Å². The molecule has 2 heterocycles. The number of ketones is 1. The van der Waals surface area contributed by atoms with Gasteiger partial charge < -0.3 is 31.0 Å². The Morgan fingerprint density at radius 3 is 2.10 bits per heavy atom. The first-order chi connectivity index (χ1) is 24.3. The molecule has 2 aromatic heterocycles. The summed E-state index contributed by atoms with van der Waals surface area (Å²) in [6.07, 6.45) is 2.59. The molecular formula is C38H38N6O6. The lowest BCUT2D eigenvalue weighted by Gasteiger charge is -2.24. The molecule has 0 spiro atoms. The minimum Gasteiger partial charge on any atom is -0.445 e. The van der Waals surface area contributed by atoms with Crippen molar-refractivity contribution in [3.63, 3.8) is 0 Å². The Labute approximate surface area is 289 Å². The maximum atomic E-state index is 14.0. The van der Waals surface area contributed by atoms with Gasteiger partial charge in [-0.25, -0.2) is 4.79 Å². The van der Waals surface area contributed by atoms with Crippen molar-refractivity contribution in [1.29, 1.82) is 0 Å². The average molecular weight is 675 g/mol. The van der Waals surface area contributed by atoms with Crippen LogP contribution in [0.25, 0.3) is 10.9 Å². The van der Waals surface area contributed by atoms with Gasteiger partial charge in [-0.1, -0.05) is 84.9 Å². The highest BCUT2D eigenvalue weighted by molar-refractivity contribution is 6.38. The number of Topliss-reactive ketones (excluding diaryl/α,β-unsaturated/α-hetero) is 1. The van der Waals surface area contributed by atoms with Crippen LogP contribution in [0.1, 0.15) is 29.3 Å². The number of nitrogens with one attached hydrogen (secondary N) is 5. The first-order valence-corrected chi connectivity index (χ1v) is 16.2. The van der Waals surface area contributed by atoms with Gasteiger partial charge in [-0.15, -0.1) is 0 Å². The van der Waals surface area contributed by atoms with Crippen molar-refractivity contribution >= 4 is 40.5 Å². The molecule has 0 unspecified atom stereocenters. The molecule has 50 heavy (non-hydrogen) atoms. The molecule has 3 aromatic carbocycles. The van der Waals surface area contributed by atoms with Crippen molar-refractivity contribution in [3.8, 4) is 0 Å². The third-order valence-corrected chi connectivity index (χ3v) is 7.97. The molecule has 5 aromatic rings. The summed E-state index contributed by atoms with van der Waals surface area (Å²) in [4.78, 5) is 73.8. The van der Waals surface area contributed by atoms with E-state index >= 15 is 0 Å². The van der Waals surface area contributed by atoms with Gasteiger partial charge in [0.1, 0.15) is 24.7 Å². The van der Waals surface area contributed by atoms with E-state index in [9.17, 15) is 24.0 Å². The molecule has 0 fully saturated rings. The summed E-state index contributed by atoms with van der Waals surface area (Å²) in [5.41, 5.74) is 3.63. The second kappa shape index (κ2) is 17.2. The number of H-pyrrole nitrogens is 1. The Kier molecular flexibility index (Phi) is 12.0. The Morgan fingerprint density at radius 2 is 1.38 bits per heavy atom. The second-order valence-corrected chi connectivity index (χ2v) is 11.7. The zero-order valence-electron chi connectivity index (χ0n) is 27.4. The van der Waals surface area contributed by atoms with Crippen molar-refractivity contribution in [3.05, 3.63) is 138 Å². The first-order valence-electron chi connectivity index (χ1n) is 16.2. The van der Waals surface area contributed by atoms with Crippen molar-refractivity contribution in [2.24, 2.45) is 0 Å². The average Bonchev–Trinajstić information content (AvgIpc) is 3.55. The number of ether oxygens (including phenoxy) is 1. The molecule has 5 rings (SSSR count). The van der Waals surface area contributed by atoms with Crippen LogP contribution in [-0.2, 0) is 49.9 Å². The first kappa shape index (κ1) is 35.0. The number of rotatable bonds is 15. The summed E-state index contributed by atoms with van der Waals surface area (Å²) in [6, 6.07) is 27.3. The van der Waals surface area contributed by atoms with Gasteiger partial charge in [0.05, 0.1) is 12.2 Å². The summed E-state index contributed by atoms with van der Waals surface area (Å²) < 4.78 is 5.25.